The van der Waals surface area contributed by atoms with E-state index in [0.717, 1.165) is 6.08 Å². The standard InChI is InChI=1S/C13H15NO5S2/c1-13(4-5-21(18,19)8-13)14-12(17)9-6-10(20-7-9)2-3-11(15)16/h2-3,6-7H,4-5,8H2,1H3,(H,14,17)(H,15,16). The molecule has 1 saturated heterocycles. The minimum absolute atomic E-state index is 0.0539. The van der Waals surface area contributed by atoms with Crippen LogP contribution in [0.2, 0.25) is 0 Å². The summed E-state index contributed by atoms with van der Waals surface area (Å²) >= 11 is 1.25. The molecule has 1 aliphatic rings. The van der Waals surface area contributed by atoms with Gasteiger partial charge in [0.15, 0.2) is 9.84 Å². The smallest absolute Gasteiger partial charge is 0.328 e. The third-order valence-corrected chi connectivity index (χ3v) is 5.99. The average molecular weight is 329 g/mol. The molecule has 0 saturated carbocycles. The summed E-state index contributed by atoms with van der Waals surface area (Å²) in [6, 6.07) is 1.58. The highest BCUT2D eigenvalue weighted by Gasteiger charge is 2.39. The first-order valence-corrected chi connectivity index (χ1v) is 8.92. The Balaban J connectivity index is 2.06. The molecule has 2 heterocycles. The van der Waals surface area contributed by atoms with E-state index in [4.69, 9.17) is 5.11 Å². The average Bonchev–Trinajstić information content (AvgIpc) is 2.91. The van der Waals surface area contributed by atoms with E-state index in [1.807, 2.05) is 0 Å². The minimum atomic E-state index is -3.08. The molecule has 2 N–H and O–H groups in total. The zero-order chi connectivity index (χ0) is 15.7. The van der Waals surface area contributed by atoms with Gasteiger partial charge < -0.3 is 10.4 Å². The number of carbonyl (C=O) groups is 2. The van der Waals surface area contributed by atoms with Gasteiger partial charge in [0.25, 0.3) is 5.91 Å². The molecule has 1 unspecified atom stereocenters. The molecule has 1 aromatic heterocycles. The van der Waals surface area contributed by atoms with E-state index in [-0.39, 0.29) is 17.4 Å². The van der Waals surface area contributed by atoms with Crippen molar-refractivity contribution in [2.24, 2.45) is 0 Å². The van der Waals surface area contributed by atoms with Gasteiger partial charge in [-0.25, -0.2) is 13.2 Å². The molecule has 0 radical (unpaired) electrons. The van der Waals surface area contributed by atoms with Gasteiger partial charge in [-0.15, -0.1) is 11.3 Å². The van der Waals surface area contributed by atoms with Gasteiger partial charge in [0.1, 0.15) is 0 Å². The number of hydrogen-bond donors (Lipinski definition) is 2. The maximum atomic E-state index is 12.1. The number of nitrogens with one attached hydrogen (secondary N) is 1. The van der Waals surface area contributed by atoms with E-state index in [0.29, 0.717) is 16.9 Å². The molecule has 2 rings (SSSR count). The van der Waals surface area contributed by atoms with E-state index >= 15 is 0 Å². The molecule has 0 spiro atoms. The summed E-state index contributed by atoms with van der Waals surface area (Å²) in [6.07, 6.45) is 2.81. The predicted molar refractivity (Wildman–Crippen MR) is 80.1 cm³/mol. The van der Waals surface area contributed by atoms with Crippen molar-refractivity contribution < 1.29 is 23.1 Å². The number of aliphatic carboxylic acids is 1. The molecular weight excluding hydrogens is 314 g/mol. The van der Waals surface area contributed by atoms with Crippen LogP contribution in [-0.4, -0.2) is 42.4 Å². The molecule has 1 amide bonds. The second-order valence-electron chi connectivity index (χ2n) is 5.27. The zero-order valence-electron chi connectivity index (χ0n) is 11.3. The Hall–Kier alpha value is -1.67. The summed E-state index contributed by atoms with van der Waals surface area (Å²) in [6.45, 7) is 1.72. The quantitative estimate of drug-likeness (QED) is 0.807. The lowest BCUT2D eigenvalue weighted by Gasteiger charge is -2.23. The monoisotopic (exact) mass is 329 g/mol. The van der Waals surface area contributed by atoms with Gasteiger partial charge in [0.2, 0.25) is 0 Å². The van der Waals surface area contributed by atoms with Gasteiger partial charge in [-0.05, 0) is 25.5 Å². The third kappa shape index (κ3) is 4.15. The van der Waals surface area contributed by atoms with E-state index in [1.54, 1.807) is 18.4 Å². The topological polar surface area (TPSA) is 101 Å². The van der Waals surface area contributed by atoms with Crippen molar-refractivity contribution in [3.63, 3.8) is 0 Å². The van der Waals surface area contributed by atoms with Crippen molar-refractivity contribution in [3.05, 3.63) is 28.0 Å². The highest BCUT2D eigenvalue weighted by molar-refractivity contribution is 7.91. The van der Waals surface area contributed by atoms with Crippen molar-refractivity contribution >= 4 is 39.1 Å². The highest BCUT2D eigenvalue weighted by atomic mass is 32.2. The van der Waals surface area contributed by atoms with Gasteiger partial charge in [0.05, 0.1) is 22.6 Å². The fraction of sp³-hybridized carbons (Fsp3) is 0.385. The minimum Gasteiger partial charge on any atom is -0.478 e. The lowest BCUT2D eigenvalue weighted by molar-refractivity contribution is -0.131. The zero-order valence-corrected chi connectivity index (χ0v) is 13.0. The van der Waals surface area contributed by atoms with Crippen molar-refractivity contribution in [2.45, 2.75) is 18.9 Å². The Bertz CT molecular complexity index is 704. The van der Waals surface area contributed by atoms with E-state index < -0.39 is 21.3 Å². The molecule has 8 heteroatoms. The maximum absolute atomic E-state index is 12.1. The third-order valence-electron chi connectivity index (χ3n) is 3.19. The summed E-state index contributed by atoms with van der Waals surface area (Å²) in [5.41, 5.74) is -0.342. The molecule has 114 valence electrons. The Morgan fingerprint density at radius 3 is 2.76 bits per heavy atom. The lowest BCUT2D eigenvalue weighted by atomic mass is 10.0. The number of thiophene rings is 1. The molecule has 0 bridgehead atoms. The summed E-state index contributed by atoms with van der Waals surface area (Å²) in [7, 11) is -3.08. The fourth-order valence-electron chi connectivity index (χ4n) is 2.17. The SMILES string of the molecule is CC1(NC(=O)c2csc(C=CC(=O)O)c2)CCS(=O)(=O)C1. The van der Waals surface area contributed by atoms with Crippen LogP contribution in [0.4, 0.5) is 0 Å². The van der Waals surface area contributed by atoms with Crippen LogP contribution in [0.1, 0.15) is 28.6 Å². The Morgan fingerprint density at radius 1 is 1.48 bits per heavy atom. The number of carboxylic acid groups (broad SMARTS) is 1. The summed E-state index contributed by atoms with van der Waals surface area (Å²) < 4.78 is 23.0. The van der Waals surface area contributed by atoms with Crippen LogP contribution >= 0.6 is 11.3 Å². The number of rotatable bonds is 4. The van der Waals surface area contributed by atoms with Crippen LogP contribution in [0, 0.1) is 0 Å². The fourth-order valence-corrected chi connectivity index (χ4v) is 5.04. The molecule has 21 heavy (non-hydrogen) atoms. The largest absolute Gasteiger partial charge is 0.478 e. The molecular formula is C13H15NO5S2. The lowest BCUT2D eigenvalue weighted by Crippen LogP contribution is -2.46. The van der Waals surface area contributed by atoms with Crippen LogP contribution in [0.25, 0.3) is 6.08 Å². The number of sulfone groups is 1. The normalized spacial score (nSPS) is 24.2. The van der Waals surface area contributed by atoms with E-state index in [9.17, 15) is 18.0 Å². The summed E-state index contributed by atoms with van der Waals surface area (Å²) in [5, 5.41) is 12.9. The van der Waals surface area contributed by atoms with Crippen LogP contribution in [-0.2, 0) is 14.6 Å². The Morgan fingerprint density at radius 2 is 2.19 bits per heavy atom. The molecule has 1 aliphatic heterocycles. The molecule has 1 aromatic rings. The van der Waals surface area contributed by atoms with E-state index in [2.05, 4.69) is 5.32 Å². The van der Waals surface area contributed by atoms with Gasteiger partial charge in [-0.3, -0.25) is 4.79 Å². The molecule has 0 aromatic carbocycles. The second-order valence-corrected chi connectivity index (χ2v) is 8.39. The molecule has 1 atom stereocenters. The summed E-state index contributed by atoms with van der Waals surface area (Å²) in [5.74, 6) is -1.37. The number of carboxylic acids is 1. The molecule has 6 nitrogen and oxygen atoms in total. The molecule has 1 fully saturated rings. The summed E-state index contributed by atoms with van der Waals surface area (Å²) in [4.78, 5) is 23.2. The Kier molecular flexibility index (Phi) is 4.20. The predicted octanol–water partition coefficient (Wildman–Crippen LogP) is 1.15. The van der Waals surface area contributed by atoms with Gasteiger partial charge in [-0.2, -0.15) is 0 Å². The first kappa shape index (κ1) is 15.7. The van der Waals surface area contributed by atoms with Crippen LogP contribution in [0.5, 0.6) is 0 Å². The molecule has 0 aliphatic carbocycles. The van der Waals surface area contributed by atoms with Crippen molar-refractivity contribution in [1.29, 1.82) is 0 Å². The van der Waals surface area contributed by atoms with Crippen molar-refractivity contribution in [1.82, 2.24) is 5.32 Å². The first-order chi connectivity index (χ1) is 9.69. The Labute approximate surface area is 126 Å². The second kappa shape index (κ2) is 5.61. The van der Waals surface area contributed by atoms with Gasteiger partial charge in [0, 0.05) is 16.3 Å². The first-order valence-electron chi connectivity index (χ1n) is 6.22. The van der Waals surface area contributed by atoms with Crippen LogP contribution in [0.3, 0.4) is 0 Å². The van der Waals surface area contributed by atoms with Crippen LogP contribution < -0.4 is 5.32 Å². The van der Waals surface area contributed by atoms with Crippen LogP contribution in [0.15, 0.2) is 17.5 Å². The van der Waals surface area contributed by atoms with Crippen molar-refractivity contribution in [3.8, 4) is 0 Å². The number of carbonyl (C=O) groups excluding carboxylic acids is 1. The number of hydrogen-bond acceptors (Lipinski definition) is 5. The van der Waals surface area contributed by atoms with Gasteiger partial charge >= 0.3 is 5.97 Å². The maximum Gasteiger partial charge on any atom is 0.328 e. The highest BCUT2D eigenvalue weighted by Crippen LogP contribution is 2.24. The van der Waals surface area contributed by atoms with E-state index in [1.165, 1.54) is 17.4 Å². The number of amides is 1. The van der Waals surface area contributed by atoms with Gasteiger partial charge in [-0.1, -0.05) is 0 Å². The van der Waals surface area contributed by atoms with Crippen molar-refractivity contribution in [2.75, 3.05) is 11.5 Å².